The summed E-state index contributed by atoms with van der Waals surface area (Å²) in [5, 5.41) is 0.667. The van der Waals surface area contributed by atoms with Gasteiger partial charge in [0.2, 0.25) is 0 Å². The van der Waals surface area contributed by atoms with Gasteiger partial charge in [-0.3, -0.25) is 0 Å². The van der Waals surface area contributed by atoms with Crippen molar-refractivity contribution in [1.82, 2.24) is 4.90 Å². The Balaban J connectivity index is 2.02. The number of methoxy groups -OCH3 is 1. The third kappa shape index (κ3) is 5.87. The van der Waals surface area contributed by atoms with Crippen molar-refractivity contribution < 1.29 is 13.9 Å². The highest BCUT2D eigenvalue weighted by Crippen LogP contribution is 2.34. The quantitative estimate of drug-likeness (QED) is 0.379. The van der Waals surface area contributed by atoms with Gasteiger partial charge in [0, 0.05) is 11.6 Å². The normalized spacial score (nSPS) is 12.0. The highest BCUT2D eigenvalue weighted by molar-refractivity contribution is 6.30. The summed E-state index contributed by atoms with van der Waals surface area (Å²) in [4.78, 5) is 2.08. The molecule has 3 aromatic carbocycles. The third-order valence-corrected chi connectivity index (χ3v) is 5.29. The molecule has 0 aliphatic carbocycles. The first-order valence-electron chi connectivity index (χ1n) is 10.1. The first kappa shape index (κ1) is 22.9. The van der Waals surface area contributed by atoms with Gasteiger partial charge in [0.25, 0.3) is 0 Å². The molecule has 0 aromatic heterocycles. The van der Waals surface area contributed by atoms with Crippen LogP contribution in [0.3, 0.4) is 0 Å². The molecule has 31 heavy (non-hydrogen) atoms. The molecule has 0 aliphatic rings. The number of ether oxygens (including phenoxy) is 2. The maximum atomic E-state index is 14.4. The molecule has 0 aliphatic heterocycles. The minimum Gasteiger partial charge on any atom is -0.494 e. The van der Waals surface area contributed by atoms with E-state index in [0.717, 1.165) is 40.1 Å². The molecule has 0 radical (unpaired) electrons. The smallest absolute Gasteiger partial charge is 0.165 e. The number of hydrogen-bond donors (Lipinski definition) is 0. The Hall–Kier alpha value is -2.82. The van der Waals surface area contributed by atoms with E-state index in [1.54, 1.807) is 6.07 Å². The second-order valence-electron chi connectivity index (χ2n) is 7.53. The number of benzene rings is 3. The van der Waals surface area contributed by atoms with Crippen molar-refractivity contribution in [2.75, 3.05) is 34.4 Å². The Labute approximate surface area is 188 Å². The Bertz CT molecular complexity index is 1040. The van der Waals surface area contributed by atoms with Crippen LogP contribution < -0.4 is 9.47 Å². The Morgan fingerprint density at radius 3 is 2.03 bits per heavy atom. The third-order valence-electron chi connectivity index (χ3n) is 5.04. The van der Waals surface area contributed by atoms with Gasteiger partial charge in [-0.2, -0.15) is 0 Å². The van der Waals surface area contributed by atoms with Crippen LogP contribution in [-0.4, -0.2) is 39.3 Å². The standard InChI is InChI=1S/C26H27ClFNO2/c1-18(21-9-14-25(30-4)24(28)17-21)26(19-5-10-22(27)11-6-19)20-7-12-23(13-8-20)31-16-15-29(2)3/h5-14,17H,15-16H2,1-4H3/b26-18+. The van der Waals surface area contributed by atoms with Crippen molar-refractivity contribution in [3.63, 3.8) is 0 Å². The number of likely N-dealkylation sites (N-methyl/N-ethyl adjacent to an activating group) is 1. The Kier molecular flexibility index (Phi) is 7.72. The van der Waals surface area contributed by atoms with Gasteiger partial charge >= 0.3 is 0 Å². The summed E-state index contributed by atoms with van der Waals surface area (Å²) >= 11 is 6.11. The van der Waals surface area contributed by atoms with Gasteiger partial charge in [0.1, 0.15) is 12.4 Å². The molecule has 3 rings (SSSR count). The maximum absolute atomic E-state index is 14.4. The fourth-order valence-corrected chi connectivity index (χ4v) is 3.45. The van der Waals surface area contributed by atoms with Crippen molar-refractivity contribution in [2.24, 2.45) is 0 Å². The van der Waals surface area contributed by atoms with Crippen LogP contribution in [0, 0.1) is 5.82 Å². The van der Waals surface area contributed by atoms with Crippen LogP contribution in [0.25, 0.3) is 11.1 Å². The molecule has 0 amide bonds. The number of hydrogen-bond acceptors (Lipinski definition) is 3. The molecule has 0 heterocycles. The van der Waals surface area contributed by atoms with E-state index in [1.165, 1.54) is 13.2 Å². The topological polar surface area (TPSA) is 21.7 Å². The average molecular weight is 440 g/mol. The monoisotopic (exact) mass is 439 g/mol. The van der Waals surface area contributed by atoms with E-state index in [1.807, 2.05) is 75.6 Å². The molecule has 3 nitrogen and oxygen atoms in total. The number of halogens is 2. The van der Waals surface area contributed by atoms with Gasteiger partial charge < -0.3 is 14.4 Å². The van der Waals surface area contributed by atoms with Gasteiger partial charge in [-0.25, -0.2) is 4.39 Å². The molecule has 0 bridgehead atoms. The van der Waals surface area contributed by atoms with E-state index in [0.29, 0.717) is 11.6 Å². The lowest BCUT2D eigenvalue weighted by molar-refractivity contribution is 0.261. The molecule has 0 atom stereocenters. The molecular weight excluding hydrogens is 413 g/mol. The van der Waals surface area contributed by atoms with E-state index in [-0.39, 0.29) is 11.6 Å². The molecule has 0 fully saturated rings. The first-order valence-corrected chi connectivity index (χ1v) is 10.5. The largest absolute Gasteiger partial charge is 0.494 e. The SMILES string of the molecule is COc1ccc(/C(C)=C(\c2ccc(Cl)cc2)c2ccc(OCCN(C)C)cc2)cc1F. The van der Waals surface area contributed by atoms with Crippen LogP contribution in [0.15, 0.2) is 66.7 Å². The van der Waals surface area contributed by atoms with E-state index >= 15 is 0 Å². The van der Waals surface area contributed by atoms with E-state index < -0.39 is 0 Å². The minimum atomic E-state index is -0.389. The van der Waals surface area contributed by atoms with Crippen molar-refractivity contribution in [3.05, 3.63) is 94.3 Å². The summed E-state index contributed by atoms with van der Waals surface area (Å²) in [6.07, 6.45) is 0. The van der Waals surface area contributed by atoms with E-state index in [2.05, 4.69) is 4.90 Å². The van der Waals surface area contributed by atoms with Crippen LogP contribution in [0.5, 0.6) is 11.5 Å². The predicted octanol–water partition coefficient (Wildman–Crippen LogP) is 6.41. The lowest BCUT2D eigenvalue weighted by Crippen LogP contribution is -2.19. The van der Waals surface area contributed by atoms with Gasteiger partial charge in [-0.05, 0) is 85.3 Å². The minimum absolute atomic E-state index is 0.226. The van der Waals surface area contributed by atoms with Crippen molar-refractivity contribution in [2.45, 2.75) is 6.92 Å². The van der Waals surface area contributed by atoms with E-state index in [4.69, 9.17) is 21.1 Å². The zero-order chi connectivity index (χ0) is 22.4. The zero-order valence-electron chi connectivity index (χ0n) is 18.3. The number of rotatable bonds is 8. The Morgan fingerprint density at radius 1 is 0.903 bits per heavy atom. The summed E-state index contributed by atoms with van der Waals surface area (Å²) < 4.78 is 25.3. The van der Waals surface area contributed by atoms with Crippen LogP contribution >= 0.6 is 11.6 Å². The molecule has 0 unspecified atom stereocenters. The second-order valence-corrected chi connectivity index (χ2v) is 7.97. The molecule has 162 valence electrons. The molecule has 3 aromatic rings. The van der Waals surface area contributed by atoms with Crippen LogP contribution in [0.4, 0.5) is 4.39 Å². The Morgan fingerprint density at radius 2 is 1.48 bits per heavy atom. The van der Waals surface area contributed by atoms with Gasteiger partial charge in [-0.1, -0.05) is 41.9 Å². The highest BCUT2D eigenvalue weighted by atomic mass is 35.5. The summed E-state index contributed by atoms with van der Waals surface area (Å²) in [6, 6.07) is 20.7. The lowest BCUT2D eigenvalue weighted by Gasteiger charge is -2.16. The van der Waals surface area contributed by atoms with Gasteiger partial charge in [0.15, 0.2) is 11.6 Å². The fourth-order valence-electron chi connectivity index (χ4n) is 3.32. The second kappa shape index (κ2) is 10.5. The molecule has 0 saturated heterocycles. The fraction of sp³-hybridized carbons (Fsp3) is 0.231. The summed E-state index contributed by atoms with van der Waals surface area (Å²) in [5.74, 6) is 0.650. The van der Waals surface area contributed by atoms with Gasteiger partial charge in [0.05, 0.1) is 7.11 Å². The number of nitrogens with zero attached hydrogens (tertiary/aromatic N) is 1. The van der Waals surface area contributed by atoms with Gasteiger partial charge in [-0.15, -0.1) is 0 Å². The summed E-state index contributed by atoms with van der Waals surface area (Å²) in [6.45, 7) is 3.46. The zero-order valence-corrected chi connectivity index (χ0v) is 19.0. The van der Waals surface area contributed by atoms with Crippen LogP contribution in [-0.2, 0) is 0 Å². The lowest BCUT2D eigenvalue weighted by atomic mass is 9.90. The summed E-state index contributed by atoms with van der Waals surface area (Å²) in [5.41, 5.74) is 4.75. The molecule has 0 saturated carbocycles. The molecule has 0 spiro atoms. The summed E-state index contributed by atoms with van der Waals surface area (Å²) in [7, 11) is 5.49. The van der Waals surface area contributed by atoms with Crippen molar-refractivity contribution in [1.29, 1.82) is 0 Å². The molecule has 0 N–H and O–H groups in total. The predicted molar refractivity (Wildman–Crippen MR) is 126 cm³/mol. The average Bonchev–Trinajstić information content (AvgIpc) is 2.76. The number of allylic oxidation sites excluding steroid dienone is 1. The molecular formula is C26H27ClFNO2. The van der Waals surface area contributed by atoms with Crippen molar-refractivity contribution in [3.8, 4) is 11.5 Å². The first-order chi connectivity index (χ1) is 14.9. The van der Waals surface area contributed by atoms with E-state index in [9.17, 15) is 4.39 Å². The van der Waals surface area contributed by atoms with Crippen LogP contribution in [0.1, 0.15) is 23.6 Å². The van der Waals surface area contributed by atoms with Crippen LogP contribution in [0.2, 0.25) is 5.02 Å². The highest BCUT2D eigenvalue weighted by Gasteiger charge is 2.13. The molecule has 5 heteroatoms. The maximum Gasteiger partial charge on any atom is 0.165 e. The van der Waals surface area contributed by atoms with Crippen molar-refractivity contribution >= 4 is 22.7 Å².